The van der Waals surface area contributed by atoms with Crippen molar-refractivity contribution in [1.29, 1.82) is 0 Å². The van der Waals surface area contributed by atoms with Crippen molar-refractivity contribution < 1.29 is 0 Å². The molecule has 0 bridgehead atoms. The minimum atomic E-state index is 0.635. The maximum atomic E-state index is 2.33. The van der Waals surface area contributed by atoms with Crippen LogP contribution in [0.1, 0.15) is 0 Å². The van der Waals surface area contributed by atoms with Gasteiger partial charge < -0.3 is 0 Å². The van der Waals surface area contributed by atoms with Gasteiger partial charge in [-0.1, -0.05) is 0 Å². The second-order valence-electron chi connectivity index (χ2n) is 2.02. The molecule has 2 rings (SSSR count). The first-order valence-electron chi connectivity index (χ1n) is 3.17. The van der Waals surface area contributed by atoms with E-state index in [1.165, 1.54) is 9.79 Å². The van der Waals surface area contributed by atoms with E-state index in [-0.39, 0.29) is 0 Å². The third kappa shape index (κ3) is 2.14. The quantitative estimate of drug-likeness (QED) is 0.762. The predicted molar refractivity (Wildman–Crippen MR) is 50.9 cm³/mol. The fourth-order valence-electron chi connectivity index (χ4n) is 0.756. The Morgan fingerprint density at radius 3 is 1.82 bits per heavy atom. The molecule has 0 unspecified atom stereocenters. The minimum absolute atomic E-state index is 0.635. The summed E-state index contributed by atoms with van der Waals surface area (Å²) in [6.45, 7) is 0. The van der Waals surface area contributed by atoms with Gasteiger partial charge in [-0.25, -0.2) is 0 Å². The van der Waals surface area contributed by atoms with Crippen LogP contribution >= 0.6 is 11.8 Å². The van der Waals surface area contributed by atoms with Crippen molar-refractivity contribution in [3.8, 4) is 0 Å². The number of hydrogen-bond donors (Lipinski definition) is 0. The molecule has 0 aliphatic carbocycles. The van der Waals surface area contributed by atoms with E-state index < -0.39 is 0 Å². The van der Waals surface area contributed by atoms with E-state index in [4.69, 9.17) is 0 Å². The Kier molecular flexibility index (Phi) is 2.78. The fraction of sp³-hybridized carbons (Fsp3) is 0. The molecule has 0 N–H and O–H groups in total. The summed E-state index contributed by atoms with van der Waals surface area (Å²) in [6, 6.07) is 4.45. The molecule has 0 aromatic carbocycles. The molecule has 0 nitrogen and oxygen atoms in total. The molecule has 2 aromatic rings. The summed E-state index contributed by atoms with van der Waals surface area (Å²) in [4.78, 5) is 12.0. The van der Waals surface area contributed by atoms with Crippen molar-refractivity contribution in [2.75, 3.05) is 0 Å². The molecule has 11 heavy (non-hydrogen) atoms. The summed E-state index contributed by atoms with van der Waals surface area (Å²) in [5.74, 6) is 0. The molecule has 0 saturated heterocycles. The molecule has 0 radical (unpaired) electrons. The standard InChI is InChI=1S/C8H6SSe2/c1-3-10-5-7(1)9-8-2-4-11-6-8/h1-6H. The third-order valence-corrected chi connectivity index (χ3v) is 5.75. The Labute approximate surface area is 82.1 Å². The van der Waals surface area contributed by atoms with E-state index in [1.807, 2.05) is 11.8 Å². The van der Waals surface area contributed by atoms with Crippen LogP contribution in [0.5, 0.6) is 0 Å². The van der Waals surface area contributed by atoms with Gasteiger partial charge in [0.2, 0.25) is 0 Å². The van der Waals surface area contributed by atoms with Crippen LogP contribution < -0.4 is 0 Å². The second-order valence-corrected chi connectivity index (χ2v) is 6.44. The van der Waals surface area contributed by atoms with Crippen molar-refractivity contribution in [1.82, 2.24) is 0 Å². The Balaban J connectivity index is 2.14. The fourth-order valence-corrected chi connectivity index (χ4v) is 5.14. The zero-order chi connectivity index (χ0) is 7.52. The van der Waals surface area contributed by atoms with Gasteiger partial charge in [-0.3, -0.25) is 0 Å². The van der Waals surface area contributed by atoms with Crippen LogP contribution in [0.2, 0.25) is 0 Å². The van der Waals surface area contributed by atoms with Crippen molar-refractivity contribution >= 4 is 40.8 Å². The van der Waals surface area contributed by atoms with E-state index >= 15 is 0 Å². The Morgan fingerprint density at radius 1 is 0.909 bits per heavy atom. The van der Waals surface area contributed by atoms with E-state index in [1.54, 1.807) is 0 Å². The molecular weight excluding hydrogens is 286 g/mol. The van der Waals surface area contributed by atoms with Gasteiger partial charge in [-0.05, 0) is 0 Å². The first-order chi connectivity index (χ1) is 5.45. The molecular formula is C8H6SSe2. The molecule has 3 heteroatoms. The summed E-state index contributed by atoms with van der Waals surface area (Å²) in [5.41, 5.74) is 0. The van der Waals surface area contributed by atoms with Gasteiger partial charge in [0.05, 0.1) is 0 Å². The van der Waals surface area contributed by atoms with Crippen molar-refractivity contribution in [3.63, 3.8) is 0 Å². The summed E-state index contributed by atoms with van der Waals surface area (Å²) >= 11 is 3.17. The normalized spacial score (nSPS) is 10.2. The molecule has 0 amide bonds. The monoisotopic (exact) mass is 294 g/mol. The third-order valence-electron chi connectivity index (χ3n) is 1.23. The number of rotatable bonds is 2. The van der Waals surface area contributed by atoms with Gasteiger partial charge in [0, 0.05) is 0 Å². The zero-order valence-electron chi connectivity index (χ0n) is 5.69. The average Bonchev–Trinajstić information content (AvgIpc) is 2.60. The molecule has 0 fully saturated rings. The van der Waals surface area contributed by atoms with Gasteiger partial charge >= 0.3 is 82.5 Å². The molecule has 2 heterocycles. The average molecular weight is 292 g/mol. The molecule has 2 aromatic heterocycles. The van der Waals surface area contributed by atoms with Gasteiger partial charge in [0.15, 0.2) is 0 Å². The van der Waals surface area contributed by atoms with E-state index in [0.717, 1.165) is 0 Å². The van der Waals surface area contributed by atoms with Gasteiger partial charge in [-0.2, -0.15) is 0 Å². The van der Waals surface area contributed by atoms with Crippen molar-refractivity contribution in [3.05, 3.63) is 31.9 Å². The molecule has 0 spiro atoms. The van der Waals surface area contributed by atoms with E-state index in [9.17, 15) is 0 Å². The van der Waals surface area contributed by atoms with Gasteiger partial charge in [-0.15, -0.1) is 0 Å². The molecule has 0 atom stereocenters. The van der Waals surface area contributed by atoms with Crippen LogP contribution in [0.4, 0.5) is 0 Å². The zero-order valence-corrected chi connectivity index (χ0v) is 9.93. The van der Waals surface area contributed by atoms with Crippen LogP contribution in [-0.2, 0) is 0 Å². The van der Waals surface area contributed by atoms with E-state index in [2.05, 4.69) is 31.9 Å². The topological polar surface area (TPSA) is 0 Å². The number of hydrogen-bond acceptors (Lipinski definition) is 1. The maximum absolute atomic E-state index is 2.33. The first kappa shape index (κ1) is 7.97. The summed E-state index contributed by atoms with van der Waals surface area (Å²) in [6.07, 6.45) is 0. The SMILES string of the molecule is c1cc(Sc2cc[se]c2)c[se]1. The van der Waals surface area contributed by atoms with Crippen LogP contribution in [0.25, 0.3) is 0 Å². The summed E-state index contributed by atoms with van der Waals surface area (Å²) in [5, 5.41) is 0. The Bertz CT molecular complexity index is 264. The van der Waals surface area contributed by atoms with E-state index in [0.29, 0.717) is 29.0 Å². The molecule has 0 aliphatic rings. The summed E-state index contributed by atoms with van der Waals surface area (Å²) < 4.78 is 0. The molecule has 56 valence electrons. The van der Waals surface area contributed by atoms with Gasteiger partial charge in [0.1, 0.15) is 0 Å². The van der Waals surface area contributed by atoms with Crippen molar-refractivity contribution in [2.45, 2.75) is 9.79 Å². The Hall–Kier alpha value is 0.349. The van der Waals surface area contributed by atoms with Gasteiger partial charge in [0.25, 0.3) is 0 Å². The first-order valence-corrected chi connectivity index (χ1v) is 7.95. The van der Waals surface area contributed by atoms with Crippen LogP contribution in [-0.4, -0.2) is 29.0 Å². The predicted octanol–water partition coefficient (Wildman–Crippen LogP) is 1.95. The second kappa shape index (κ2) is 3.84. The Morgan fingerprint density at radius 2 is 1.45 bits per heavy atom. The molecule has 0 aliphatic heterocycles. The summed E-state index contributed by atoms with van der Waals surface area (Å²) in [7, 11) is 0. The van der Waals surface area contributed by atoms with Crippen molar-refractivity contribution in [2.24, 2.45) is 0 Å². The van der Waals surface area contributed by atoms with Crippen LogP contribution in [0, 0.1) is 0 Å². The van der Waals surface area contributed by atoms with Crippen LogP contribution in [0.3, 0.4) is 0 Å². The molecule has 0 saturated carbocycles. The van der Waals surface area contributed by atoms with Crippen LogP contribution in [0.15, 0.2) is 41.7 Å².